The highest BCUT2D eigenvalue weighted by Gasteiger charge is 2.33. The average Bonchev–Trinajstić information content (AvgIpc) is 3.23. The summed E-state index contributed by atoms with van der Waals surface area (Å²) in [5.41, 5.74) is 0.858. The van der Waals surface area contributed by atoms with E-state index in [2.05, 4.69) is 9.88 Å². The highest BCUT2D eigenvalue weighted by molar-refractivity contribution is 7.09. The fraction of sp³-hybridized carbons (Fsp3) is 0.500. The molecule has 0 saturated carbocycles. The van der Waals surface area contributed by atoms with Crippen LogP contribution >= 0.6 is 11.3 Å². The number of hydrogen-bond donors (Lipinski definition) is 0. The Labute approximate surface area is 138 Å². The summed E-state index contributed by atoms with van der Waals surface area (Å²) < 4.78 is 18.8. The normalized spacial score (nSPS) is 21.7. The van der Waals surface area contributed by atoms with Crippen molar-refractivity contribution in [3.8, 4) is 0 Å². The maximum absolute atomic E-state index is 13.8. The predicted molar refractivity (Wildman–Crippen MR) is 85.9 cm³/mol. The van der Waals surface area contributed by atoms with E-state index in [1.54, 1.807) is 48.1 Å². The lowest BCUT2D eigenvalue weighted by Gasteiger charge is -2.27. The van der Waals surface area contributed by atoms with Crippen molar-refractivity contribution in [1.29, 1.82) is 0 Å². The van der Waals surface area contributed by atoms with Gasteiger partial charge in [-0.25, -0.2) is 9.37 Å². The monoisotopic (exact) mass is 337 g/mol. The molecule has 2 aromatic heterocycles. The van der Waals surface area contributed by atoms with Crippen molar-refractivity contribution in [2.45, 2.75) is 31.6 Å². The van der Waals surface area contributed by atoms with Gasteiger partial charge in [-0.15, -0.1) is 11.3 Å². The first-order chi connectivity index (χ1) is 11.1. The maximum atomic E-state index is 13.8. The van der Waals surface area contributed by atoms with E-state index in [9.17, 15) is 9.18 Å². The molecule has 3 heterocycles. The predicted octanol–water partition coefficient (Wildman–Crippen LogP) is 2.35. The molecule has 1 saturated heterocycles. The molecule has 124 valence electrons. The largest absolute Gasteiger partial charge is 0.472 e. The van der Waals surface area contributed by atoms with Gasteiger partial charge >= 0.3 is 0 Å². The van der Waals surface area contributed by atoms with Crippen molar-refractivity contribution in [2.24, 2.45) is 0 Å². The van der Waals surface area contributed by atoms with Crippen LogP contribution in [0.2, 0.25) is 0 Å². The number of rotatable bonds is 6. The SMILES string of the molecule is CN(C[C@@H]1C[C@H](F)CN1Cc1nccs1)C(=O)Cc1ccoc1. The number of furan rings is 1. The third-order valence-electron chi connectivity index (χ3n) is 4.14. The fourth-order valence-electron chi connectivity index (χ4n) is 2.93. The molecule has 0 unspecified atom stereocenters. The quantitative estimate of drug-likeness (QED) is 0.812. The second-order valence-corrected chi connectivity index (χ2v) is 6.90. The van der Waals surface area contributed by atoms with E-state index in [4.69, 9.17) is 4.42 Å². The van der Waals surface area contributed by atoms with Crippen LogP contribution in [0, 0.1) is 0 Å². The van der Waals surface area contributed by atoms with Crippen LogP contribution in [0.3, 0.4) is 0 Å². The molecule has 7 heteroatoms. The number of alkyl halides is 1. The number of hydrogen-bond acceptors (Lipinski definition) is 5. The summed E-state index contributed by atoms with van der Waals surface area (Å²) in [6, 6.07) is 1.82. The molecule has 0 radical (unpaired) electrons. The summed E-state index contributed by atoms with van der Waals surface area (Å²) in [4.78, 5) is 20.3. The summed E-state index contributed by atoms with van der Waals surface area (Å²) in [7, 11) is 1.77. The number of halogens is 1. The standard InChI is InChI=1S/C16H20FN3O2S/c1-19(16(21)6-12-2-4-22-11-12)9-14-7-13(17)8-20(14)10-15-18-3-5-23-15/h2-5,11,13-14H,6-10H2,1H3/t13-,14-/m0/s1. The van der Waals surface area contributed by atoms with E-state index in [1.165, 1.54) is 0 Å². The van der Waals surface area contributed by atoms with Crippen molar-refractivity contribution in [3.63, 3.8) is 0 Å². The van der Waals surface area contributed by atoms with E-state index >= 15 is 0 Å². The van der Waals surface area contributed by atoms with Gasteiger partial charge in [0.05, 0.1) is 25.5 Å². The van der Waals surface area contributed by atoms with Gasteiger partial charge < -0.3 is 9.32 Å². The topological polar surface area (TPSA) is 49.6 Å². The molecular weight excluding hydrogens is 317 g/mol. The van der Waals surface area contributed by atoms with E-state index < -0.39 is 6.17 Å². The Hall–Kier alpha value is -1.73. The molecule has 0 spiro atoms. The average molecular weight is 337 g/mol. The zero-order valence-corrected chi connectivity index (χ0v) is 13.8. The van der Waals surface area contributed by atoms with Crippen molar-refractivity contribution >= 4 is 17.2 Å². The van der Waals surface area contributed by atoms with Gasteiger partial charge in [0.15, 0.2) is 0 Å². The summed E-state index contributed by atoms with van der Waals surface area (Å²) in [6.07, 6.45) is 4.84. The summed E-state index contributed by atoms with van der Waals surface area (Å²) in [6.45, 7) is 1.59. The van der Waals surface area contributed by atoms with Gasteiger partial charge in [-0.3, -0.25) is 9.69 Å². The van der Waals surface area contributed by atoms with Crippen molar-refractivity contribution in [2.75, 3.05) is 20.1 Å². The summed E-state index contributed by atoms with van der Waals surface area (Å²) in [5.74, 6) is 0.0166. The molecule has 0 aliphatic carbocycles. The molecule has 1 amide bonds. The first-order valence-corrected chi connectivity index (χ1v) is 8.51. The minimum Gasteiger partial charge on any atom is -0.472 e. The van der Waals surface area contributed by atoms with Gasteiger partial charge in [0.25, 0.3) is 0 Å². The summed E-state index contributed by atoms with van der Waals surface area (Å²) >= 11 is 1.57. The van der Waals surface area contributed by atoms with Crippen molar-refractivity contribution < 1.29 is 13.6 Å². The molecule has 1 fully saturated rings. The van der Waals surface area contributed by atoms with E-state index in [-0.39, 0.29) is 11.9 Å². The molecule has 0 aromatic carbocycles. The summed E-state index contributed by atoms with van der Waals surface area (Å²) in [5, 5.41) is 2.91. The molecule has 0 bridgehead atoms. The number of aromatic nitrogens is 1. The molecule has 2 atom stereocenters. The number of carbonyl (C=O) groups is 1. The lowest BCUT2D eigenvalue weighted by atomic mass is 10.1. The number of likely N-dealkylation sites (tertiary alicyclic amines) is 1. The second kappa shape index (κ2) is 7.23. The molecule has 0 N–H and O–H groups in total. The van der Waals surface area contributed by atoms with Crippen LogP contribution in [-0.4, -0.2) is 53.0 Å². The number of amides is 1. The fourth-order valence-corrected chi connectivity index (χ4v) is 3.57. The van der Waals surface area contributed by atoms with E-state index in [0.717, 1.165) is 10.6 Å². The van der Waals surface area contributed by atoms with Gasteiger partial charge in [-0.2, -0.15) is 0 Å². The first-order valence-electron chi connectivity index (χ1n) is 7.63. The van der Waals surface area contributed by atoms with Gasteiger partial charge in [-0.05, 0) is 18.1 Å². The van der Waals surface area contributed by atoms with Gasteiger partial charge in [0, 0.05) is 37.8 Å². The highest BCUT2D eigenvalue weighted by Crippen LogP contribution is 2.24. The van der Waals surface area contributed by atoms with Gasteiger partial charge in [-0.1, -0.05) is 0 Å². The zero-order valence-electron chi connectivity index (χ0n) is 13.0. The lowest BCUT2D eigenvalue weighted by Crippen LogP contribution is -2.41. The minimum atomic E-state index is -0.836. The molecule has 23 heavy (non-hydrogen) atoms. The van der Waals surface area contributed by atoms with Crippen LogP contribution in [0.25, 0.3) is 0 Å². The third kappa shape index (κ3) is 4.17. The minimum absolute atomic E-state index is 0.0166. The number of carbonyl (C=O) groups excluding carboxylic acids is 1. The Bertz CT molecular complexity index is 617. The van der Waals surface area contributed by atoms with E-state index in [0.29, 0.717) is 32.5 Å². The third-order valence-corrected chi connectivity index (χ3v) is 4.91. The van der Waals surface area contributed by atoms with Crippen LogP contribution in [0.15, 0.2) is 34.6 Å². The molecule has 5 nitrogen and oxygen atoms in total. The van der Waals surface area contributed by atoms with Crippen LogP contribution in [0.4, 0.5) is 4.39 Å². The van der Waals surface area contributed by atoms with Crippen molar-refractivity contribution in [3.05, 3.63) is 40.7 Å². The van der Waals surface area contributed by atoms with Gasteiger partial charge in [0.1, 0.15) is 11.2 Å². The Kier molecular flexibility index (Phi) is 5.07. The number of thiazole rings is 1. The Morgan fingerprint density at radius 1 is 1.61 bits per heavy atom. The van der Waals surface area contributed by atoms with Crippen LogP contribution in [0.1, 0.15) is 17.0 Å². The second-order valence-electron chi connectivity index (χ2n) is 5.92. The van der Waals surface area contributed by atoms with E-state index in [1.807, 2.05) is 5.38 Å². The highest BCUT2D eigenvalue weighted by atomic mass is 32.1. The zero-order chi connectivity index (χ0) is 16.2. The van der Waals surface area contributed by atoms with Crippen LogP contribution < -0.4 is 0 Å². The molecule has 3 rings (SSSR count). The smallest absolute Gasteiger partial charge is 0.226 e. The number of nitrogens with zero attached hydrogens (tertiary/aromatic N) is 3. The maximum Gasteiger partial charge on any atom is 0.226 e. The number of likely N-dealkylation sites (N-methyl/N-ethyl adjacent to an activating group) is 1. The Morgan fingerprint density at radius 2 is 2.48 bits per heavy atom. The van der Waals surface area contributed by atoms with Gasteiger partial charge in [0.2, 0.25) is 5.91 Å². The van der Waals surface area contributed by atoms with Crippen LogP contribution in [0.5, 0.6) is 0 Å². The molecule has 2 aromatic rings. The van der Waals surface area contributed by atoms with Crippen molar-refractivity contribution in [1.82, 2.24) is 14.8 Å². The first kappa shape index (κ1) is 16.1. The molecule has 1 aliphatic rings. The lowest BCUT2D eigenvalue weighted by molar-refractivity contribution is -0.129. The molecule has 1 aliphatic heterocycles. The van der Waals surface area contributed by atoms with Crippen LogP contribution in [-0.2, 0) is 17.8 Å². The Morgan fingerprint density at radius 3 is 3.17 bits per heavy atom. The Balaban J connectivity index is 1.57. The molecular formula is C16H20FN3O2S.